The Morgan fingerprint density at radius 2 is 1.59 bits per heavy atom. The van der Waals surface area contributed by atoms with Crippen LogP contribution in [-0.2, 0) is 23.0 Å². The van der Waals surface area contributed by atoms with Gasteiger partial charge in [0.05, 0.1) is 24.6 Å². The summed E-state index contributed by atoms with van der Waals surface area (Å²) < 4.78 is 42.1. The Balaban J connectivity index is 1.98. The first kappa shape index (κ1) is 18.9. The Morgan fingerprint density at radius 3 is 2.19 bits per heavy atom. The van der Waals surface area contributed by atoms with Crippen LogP contribution in [0.15, 0.2) is 52.2 Å². The molecular formula is C19H19NO6S. The van der Waals surface area contributed by atoms with Crippen molar-refractivity contribution in [1.29, 1.82) is 0 Å². The first-order valence-corrected chi connectivity index (χ1v) is 9.61. The Hall–Kier alpha value is -2.84. The molecule has 0 saturated heterocycles. The van der Waals surface area contributed by atoms with Crippen molar-refractivity contribution >= 4 is 21.0 Å². The molecule has 2 aromatic carbocycles. The zero-order valence-corrected chi connectivity index (χ0v) is 15.7. The van der Waals surface area contributed by atoms with Crippen LogP contribution in [0.1, 0.15) is 11.1 Å². The van der Waals surface area contributed by atoms with Gasteiger partial charge in [-0.15, -0.1) is 0 Å². The number of rotatable bonds is 6. The molecule has 27 heavy (non-hydrogen) atoms. The molecule has 3 rings (SSSR count). The number of methoxy groups -OCH3 is 2. The van der Waals surface area contributed by atoms with Crippen LogP contribution in [0.25, 0.3) is 10.9 Å². The van der Waals surface area contributed by atoms with E-state index in [0.717, 1.165) is 16.5 Å². The highest BCUT2D eigenvalue weighted by Gasteiger charge is 2.14. The van der Waals surface area contributed by atoms with Crippen molar-refractivity contribution in [3.05, 3.63) is 63.9 Å². The highest BCUT2D eigenvalue weighted by atomic mass is 32.2. The number of fused-ring (bicyclic) bond motifs is 1. The van der Waals surface area contributed by atoms with Gasteiger partial charge in [0, 0.05) is 11.5 Å². The monoisotopic (exact) mass is 389 g/mol. The quantitative estimate of drug-likeness (QED) is 0.628. The number of aryl methyl sites for hydroxylation is 2. The molecule has 0 aliphatic carbocycles. The van der Waals surface area contributed by atoms with E-state index in [1.807, 2.05) is 0 Å². The SMILES string of the molecule is COc1ccc(OC)c2c(CCc3ccc(S(=O)(=O)O)cc3)cc(=O)[nH]c12. The fourth-order valence-electron chi connectivity index (χ4n) is 3.04. The van der Waals surface area contributed by atoms with Crippen LogP contribution in [0.3, 0.4) is 0 Å². The smallest absolute Gasteiger partial charge is 0.294 e. The molecule has 0 amide bonds. The van der Waals surface area contributed by atoms with Crippen molar-refractivity contribution in [2.45, 2.75) is 17.7 Å². The van der Waals surface area contributed by atoms with Gasteiger partial charge in [0.15, 0.2) is 0 Å². The van der Waals surface area contributed by atoms with Crippen LogP contribution in [0, 0.1) is 0 Å². The largest absolute Gasteiger partial charge is 0.496 e. The summed E-state index contributed by atoms with van der Waals surface area (Å²) in [5.41, 5.74) is 1.99. The number of nitrogens with one attached hydrogen (secondary N) is 1. The fraction of sp³-hybridized carbons (Fsp3) is 0.211. The van der Waals surface area contributed by atoms with Gasteiger partial charge in [-0.3, -0.25) is 9.35 Å². The lowest BCUT2D eigenvalue weighted by Crippen LogP contribution is -2.09. The minimum Gasteiger partial charge on any atom is -0.496 e. The van der Waals surface area contributed by atoms with Gasteiger partial charge in [-0.2, -0.15) is 8.42 Å². The molecule has 0 spiro atoms. The van der Waals surface area contributed by atoms with E-state index in [2.05, 4.69) is 4.98 Å². The van der Waals surface area contributed by atoms with Gasteiger partial charge in [0.2, 0.25) is 5.56 Å². The standard InChI is InChI=1S/C19H19NO6S/c1-25-15-9-10-16(26-2)19-18(15)13(11-17(21)20-19)6-3-12-4-7-14(8-5-12)27(22,23)24/h4-5,7-11H,3,6H2,1-2H3,(H,20,21)(H,22,23,24). The topological polar surface area (TPSA) is 106 Å². The molecule has 1 aromatic heterocycles. The normalized spacial score (nSPS) is 11.5. The molecule has 7 nitrogen and oxygen atoms in total. The van der Waals surface area contributed by atoms with Gasteiger partial charge in [0.1, 0.15) is 11.5 Å². The molecule has 0 saturated carbocycles. The molecule has 0 radical (unpaired) electrons. The molecule has 142 valence electrons. The summed E-state index contributed by atoms with van der Waals surface area (Å²) in [4.78, 5) is 14.7. The van der Waals surface area contributed by atoms with Gasteiger partial charge in [-0.05, 0) is 48.2 Å². The lowest BCUT2D eigenvalue weighted by atomic mass is 10.00. The first-order valence-electron chi connectivity index (χ1n) is 8.17. The first-order chi connectivity index (χ1) is 12.8. The van der Waals surface area contributed by atoms with Crippen molar-refractivity contribution in [2.75, 3.05) is 14.2 Å². The molecule has 1 heterocycles. The van der Waals surface area contributed by atoms with Crippen molar-refractivity contribution < 1.29 is 22.4 Å². The van der Waals surface area contributed by atoms with E-state index in [-0.39, 0.29) is 10.5 Å². The maximum Gasteiger partial charge on any atom is 0.294 e. The van der Waals surface area contributed by atoms with Gasteiger partial charge in [-0.25, -0.2) is 0 Å². The van der Waals surface area contributed by atoms with Gasteiger partial charge >= 0.3 is 0 Å². The summed E-state index contributed by atoms with van der Waals surface area (Å²) in [5.74, 6) is 1.17. The van der Waals surface area contributed by atoms with Crippen LogP contribution in [0.2, 0.25) is 0 Å². The zero-order chi connectivity index (χ0) is 19.6. The molecule has 0 unspecified atom stereocenters. The van der Waals surface area contributed by atoms with Gasteiger partial charge < -0.3 is 14.5 Å². The summed E-state index contributed by atoms with van der Waals surface area (Å²) in [7, 11) is -1.12. The van der Waals surface area contributed by atoms with Crippen LogP contribution in [0.5, 0.6) is 11.5 Å². The van der Waals surface area contributed by atoms with Crippen LogP contribution in [-0.4, -0.2) is 32.2 Å². The van der Waals surface area contributed by atoms with E-state index in [9.17, 15) is 13.2 Å². The predicted molar refractivity (Wildman–Crippen MR) is 101 cm³/mol. The van der Waals surface area contributed by atoms with E-state index in [1.165, 1.54) is 25.3 Å². The molecule has 0 atom stereocenters. The predicted octanol–water partition coefficient (Wildman–Crippen LogP) is 2.58. The third-order valence-electron chi connectivity index (χ3n) is 4.35. The zero-order valence-electron chi connectivity index (χ0n) is 14.9. The van der Waals surface area contributed by atoms with Crippen LogP contribution in [0.4, 0.5) is 0 Å². The number of benzene rings is 2. The summed E-state index contributed by atoms with van der Waals surface area (Å²) in [5, 5.41) is 0.769. The summed E-state index contributed by atoms with van der Waals surface area (Å²) in [6.45, 7) is 0. The third kappa shape index (κ3) is 3.96. The maximum atomic E-state index is 12.1. The number of hydrogen-bond acceptors (Lipinski definition) is 5. The minimum absolute atomic E-state index is 0.153. The summed E-state index contributed by atoms with van der Waals surface area (Å²) in [6.07, 6.45) is 1.11. The average Bonchev–Trinajstić information content (AvgIpc) is 2.64. The molecule has 0 fully saturated rings. The summed E-state index contributed by atoms with van der Waals surface area (Å²) in [6, 6.07) is 11.0. The second kappa shape index (κ2) is 7.42. The Labute approximate surface area is 156 Å². The Morgan fingerprint density at radius 1 is 0.963 bits per heavy atom. The van der Waals surface area contributed by atoms with Crippen molar-refractivity contribution in [1.82, 2.24) is 4.98 Å². The van der Waals surface area contributed by atoms with Crippen molar-refractivity contribution in [2.24, 2.45) is 0 Å². The van der Waals surface area contributed by atoms with Gasteiger partial charge in [-0.1, -0.05) is 12.1 Å². The number of ether oxygens (including phenoxy) is 2. The minimum atomic E-state index is -4.21. The van der Waals surface area contributed by atoms with Crippen molar-refractivity contribution in [3.8, 4) is 11.5 Å². The van der Waals surface area contributed by atoms with Gasteiger partial charge in [0.25, 0.3) is 10.1 Å². The molecule has 3 aromatic rings. The number of aromatic amines is 1. The van der Waals surface area contributed by atoms with E-state index >= 15 is 0 Å². The molecule has 2 N–H and O–H groups in total. The highest BCUT2D eigenvalue weighted by molar-refractivity contribution is 7.85. The highest BCUT2D eigenvalue weighted by Crippen LogP contribution is 2.33. The van der Waals surface area contributed by atoms with Crippen molar-refractivity contribution in [3.63, 3.8) is 0 Å². The van der Waals surface area contributed by atoms with Crippen LogP contribution < -0.4 is 15.0 Å². The van der Waals surface area contributed by atoms with Crippen LogP contribution >= 0.6 is 0 Å². The second-order valence-corrected chi connectivity index (χ2v) is 7.42. The van der Waals surface area contributed by atoms with E-state index in [1.54, 1.807) is 31.4 Å². The van der Waals surface area contributed by atoms with E-state index in [4.69, 9.17) is 14.0 Å². The maximum absolute atomic E-state index is 12.1. The number of pyridine rings is 1. The molecule has 0 aliphatic heterocycles. The molecule has 8 heteroatoms. The number of H-pyrrole nitrogens is 1. The lowest BCUT2D eigenvalue weighted by molar-refractivity contribution is 0.409. The molecule has 0 aliphatic rings. The number of aromatic nitrogens is 1. The average molecular weight is 389 g/mol. The lowest BCUT2D eigenvalue weighted by Gasteiger charge is -2.13. The van der Waals surface area contributed by atoms with E-state index < -0.39 is 10.1 Å². The van der Waals surface area contributed by atoms with E-state index in [0.29, 0.717) is 29.9 Å². The molecular weight excluding hydrogens is 370 g/mol. The Bertz CT molecular complexity index is 1130. The number of hydrogen-bond donors (Lipinski definition) is 2. The Kier molecular flexibility index (Phi) is 5.20. The summed E-state index contributed by atoms with van der Waals surface area (Å²) >= 11 is 0. The molecule has 0 bridgehead atoms. The second-order valence-electron chi connectivity index (χ2n) is 6.00. The third-order valence-corrected chi connectivity index (χ3v) is 5.22. The fourth-order valence-corrected chi connectivity index (χ4v) is 3.52.